The van der Waals surface area contributed by atoms with E-state index < -0.39 is 0 Å². The lowest BCUT2D eigenvalue weighted by molar-refractivity contribution is -0.142. The number of esters is 1. The van der Waals surface area contributed by atoms with E-state index in [0.29, 0.717) is 36.4 Å². The fourth-order valence-corrected chi connectivity index (χ4v) is 3.51. The second-order valence-electron chi connectivity index (χ2n) is 8.48. The Balaban J connectivity index is 0.000000482. The summed E-state index contributed by atoms with van der Waals surface area (Å²) >= 11 is 7.80. The molecular weight excluding hydrogens is 448 g/mol. The van der Waals surface area contributed by atoms with Crippen molar-refractivity contribution in [2.24, 2.45) is 17.1 Å². The standard InChI is InChI=1S/C17H20ClNO3S.C7H17NO/c1-4-21-16(20)7-12-10-23-17(19-12)14-6-5-13(8-15(14)18)22-9-11(2)3;1-4-9-6-7(2,3)5-8/h5-6,8,10-11H,4,7,9H2,1-3H3;4-6,8H2,1-3H3. The number of nitrogens with zero attached hydrogens (tertiary/aromatic N) is 1. The molecule has 0 radical (unpaired) electrons. The highest BCUT2D eigenvalue weighted by Crippen LogP contribution is 2.33. The van der Waals surface area contributed by atoms with Crippen molar-refractivity contribution < 1.29 is 19.0 Å². The maximum Gasteiger partial charge on any atom is 0.311 e. The third kappa shape index (κ3) is 10.8. The molecule has 8 heteroatoms. The first kappa shape index (κ1) is 28.4. The minimum Gasteiger partial charge on any atom is -0.493 e. The van der Waals surface area contributed by atoms with Gasteiger partial charge in [0.05, 0.1) is 37.0 Å². The molecule has 0 spiro atoms. The van der Waals surface area contributed by atoms with Crippen LogP contribution in [-0.4, -0.2) is 43.9 Å². The molecule has 0 aliphatic carbocycles. The number of benzene rings is 1. The predicted octanol–water partition coefficient (Wildman–Crippen LogP) is 5.61. The molecule has 2 rings (SSSR count). The maximum atomic E-state index is 11.5. The van der Waals surface area contributed by atoms with Gasteiger partial charge in [0, 0.05) is 23.0 Å². The molecule has 0 aliphatic rings. The molecule has 0 atom stereocenters. The second-order valence-corrected chi connectivity index (χ2v) is 9.74. The molecule has 2 aromatic rings. The van der Waals surface area contributed by atoms with E-state index in [9.17, 15) is 4.79 Å². The SMILES string of the molecule is CCOC(=O)Cc1csc(-c2ccc(OCC(C)C)cc2Cl)n1.CCOCC(C)(C)CN. The lowest BCUT2D eigenvalue weighted by Gasteiger charge is -2.21. The molecule has 1 aromatic heterocycles. The van der Waals surface area contributed by atoms with Gasteiger partial charge in [-0.25, -0.2) is 4.98 Å². The van der Waals surface area contributed by atoms with Crippen LogP contribution in [0.2, 0.25) is 5.02 Å². The van der Waals surface area contributed by atoms with Crippen molar-refractivity contribution in [1.29, 1.82) is 0 Å². The molecular formula is C24H37ClN2O4S. The Hall–Kier alpha value is -1.67. The van der Waals surface area contributed by atoms with E-state index in [1.165, 1.54) is 11.3 Å². The number of ether oxygens (including phenoxy) is 3. The van der Waals surface area contributed by atoms with Gasteiger partial charge in [0.1, 0.15) is 10.8 Å². The lowest BCUT2D eigenvalue weighted by atomic mass is 9.95. The Kier molecular flexibility index (Phi) is 12.8. The quantitative estimate of drug-likeness (QED) is 0.417. The van der Waals surface area contributed by atoms with Crippen LogP contribution in [0.15, 0.2) is 23.6 Å². The number of hydrogen-bond acceptors (Lipinski definition) is 7. The summed E-state index contributed by atoms with van der Waals surface area (Å²) in [5.74, 6) is 0.932. The number of aromatic nitrogens is 1. The number of nitrogens with two attached hydrogens (primary N) is 1. The van der Waals surface area contributed by atoms with Gasteiger partial charge in [-0.05, 0) is 44.5 Å². The molecule has 0 bridgehead atoms. The fraction of sp³-hybridized carbons (Fsp3) is 0.583. The van der Waals surface area contributed by atoms with Crippen molar-refractivity contribution in [2.45, 2.75) is 48.0 Å². The van der Waals surface area contributed by atoms with Crippen molar-refractivity contribution in [3.8, 4) is 16.3 Å². The van der Waals surface area contributed by atoms with E-state index >= 15 is 0 Å². The second kappa shape index (κ2) is 14.5. The van der Waals surface area contributed by atoms with Crippen LogP contribution in [0.25, 0.3) is 10.6 Å². The van der Waals surface area contributed by atoms with E-state index in [4.69, 9.17) is 31.5 Å². The van der Waals surface area contributed by atoms with Crippen molar-refractivity contribution in [1.82, 2.24) is 4.98 Å². The number of rotatable bonds is 11. The highest BCUT2D eigenvalue weighted by atomic mass is 35.5. The van der Waals surface area contributed by atoms with Crippen LogP contribution < -0.4 is 10.5 Å². The molecule has 0 saturated carbocycles. The van der Waals surface area contributed by atoms with Crippen LogP contribution >= 0.6 is 22.9 Å². The first-order valence-electron chi connectivity index (χ1n) is 10.9. The van der Waals surface area contributed by atoms with E-state index in [-0.39, 0.29) is 17.8 Å². The lowest BCUT2D eigenvalue weighted by Crippen LogP contribution is -2.28. The van der Waals surface area contributed by atoms with Gasteiger partial charge in [0.15, 0.2) is 0 Å². The maximum absolute atomic E-state index is 11.5. The van der Waals surface area contributed by atoms with Crippen LogP contribution in [0.1, 0.15) is 47.2 Å². The molecule has 0 saturated heterocycles. The Morgan fingerprint density at radius 2 is 1.97 bits per heavy atom. The molecule has 180 valence electrons. The molecule has 0 fully saturated rings. The van der Waals surface area contributed by atoms with Gasteiger partial charge < -0.3 is 19.9 Å². The summed E-state index contributed by atoms with van der Waals surface area (Å²) in [6.07, 6.45) is 0.178. The Morgan fingerprint density at radius 3 is 2.53 bits per heavy atom. The van der Waals surface area contributed by atoms with E-state index in [1.807, 2.05) is 24.4 Å². The number of carbonyl (C=O) groups excluding carboxylic acids is 1. The Labute approximate surface area is 201 Å². The Bertz CT molecular complexity index is 824. The van der Waals surface area contributed by atoms with Gasteiger partial charge >= 0.3 is 5.97 Å². The van der Waals surface area contributed by atoms with Gasteiger partial charge in [0.2, 0.25) is 0 Å². The van der Waals surface area contributed by atoms with Crippen molar-refractivity contribution in [3.63, 3.8) is 0 Å². The van der Waals surface area contributed by atoms with Crippen molar-refractivity contribution >= 4 is 28.9 Å². The van der Waals surface area contributed by atoms with E-state index in [0.717, 1.165) is 29.5 Å². The normalized spacial score (nSPS) is 11.2. The summed E-state index contributed by atoms with van der Waals surface area (Å²) in [4.78, 5) is 16.0. The molecule has 0 unspecified atom stereocenters. The molecule has 2 N–H and O–H groups in total. The average molecular weight is 485 g/mol. The minimum atomic E-state index is -0.270. The van der Waals surface area contributed by atoms with Crippen molar-refractivity contribution in [3.05, 3.63) is 34.3 Å². The summed E-state index contributed by atoms with van der Waals surface area (Å²) in [5.41, 5.74) is 7.15. The van der Waals surface area contributed by atoms with Gasteiger partial charge in [-0.3, -0.25) is 4.79 Å². The highest BCUT2D eigenvalue weighted by Gasteiger charge is 2.14. The number of carbonyl (C=O) groups is 1. The zero-order chi connectivity index (χ0) is 24.1. The monoisotopic (exact) mass is 484 g/mol. The smallest absolute Gasteiger partial charge is 0.311 e. The van der Waals surface area contributed by atoms with Gasteiger partial charge in [-0.2, -0.15) is 0 Å². The first-order valence-corrected chi connectivity index (χ1v) is 12.2. The Morgan fingerprint density at radius 1 is 1.25 bits per heavy atom. The molecule has 0 aliphatic heterocycles. The minimum absolute atomic E-state index is 0.149. The zero-order valence-electron chi connectivity index (χ0n) is 20.1. The molecule has 1 aromatic carbocycles. The van der Waals surface area contributed by atoms with Crippen LogP contribution in [0, 0.1) is 11.3 Å². The highest BCUT2D eigenvalue weighted by molar-refractivity contribution is 7.13. The summed E-state index contributed by atoms with van der Waals surface area (Å²) in [6.45, 7) is 15.4. The van der Waals surface area contributed by atoms with Crippen LogP contribution in [-0.2, 0) is 20.7 Å². The fourth-order valence-electron chi connectivity index (χ4n) is 2.33. The van der Waals surface area contributed by atoms with Gasteiger partial charge in [-0.1, -0.05) is 39.3 Å². The summed E-state index contributed by atoms with van der Waals surface area (Å²) in [5, 5.41) is 3.22. The molecule has 1 heterocycles. The number of hydrogen-bond donors (Lipinski definition) is 1. The molecule has 32 heavy (non-hydrogen) atoms. The molecule has 6 nitrogen and oxygen atoms in total. The summed E-state index contributed by atoms with van der Waals surface area (Å²) < 4.78 is 15.8. The largest absolute Gasteiger partial charge is 0.493 e. The predicted molar refractivity (Wildman–Crippen MR) is 133 cm³/mol. The van der Waals surface area contributed by atoms with Crippen LogP contribution in [0.3, 0.4) is 0 Å². The van der Waals surface area contributed by atoms with E-state index in [1.54, 1.807) is 13.0 Å². The van der Waals surface area contributed by atoms with Crippen LogP contribution in [0.5, 0.6) is 5.75 Å². The third-order valence-corrected chi connectivity index (χ3v) is 5.42. The molecule has 0 amide bonds. The van der Waals surface area contributed by atoms with Gasteiger partial charge in [0.25, 0.3) is 0 Å². The third-order valence-electron chi connectivity index (χ3n) is 4.19. The van der Waals surface area contributed by atoms with Gasteiger partial charge in [-0.15, -0.1) is 11.3 Å². The zero-order valence-corrected chi connectivity index (χ0v) is 21.6. The van der Waals surface area contributed by atoms with Crippen LogP contribution in [0.4, 0.5) is 0 Å². The number of halogens is 1. The summed E-state index contributed by atoms with van der Waals surface area (Å²) in [7, 11) is 0. The van der Waals surface area contributed by atoms with Crippen molar-refractivity contribution in [2.75, 3.05) is 33.0 Å². The topological polar surface area (TPSA) is 83.7 Å². The van der Waals surface area contributed by atoms with E-state index in [2.05, 4.69) is 32.7 Å². The summed E-state index contributed by atoms with van der Waals surface area (Å²) in [6, 6.07) is 5.58. The average Bonchev–Trinajstić information content (AvgIpc) is 3.19. The first-order chi connectivity index (χ1) is 15.1. The number of thiazole rings is 1.